The largest absolute Gasteiger partial charge is 0.463 e. The van der Waals surface area contributed by atoms with Crippen molar-refractivity contribution in [2.24, 2.45) is 0 Å². The number of carbonyl (C=O) groups excluding carboxylic acids is 2. The minimum atomic E-state index is -0.817. The van der Waals surface area contributed by atoms with Crippen LogP contribution < -0.4 is 0 Å². The number of aliphatic hydroxyl groups is 2. The fourth-order valence-corrected chi connectivity index (χ4v) is 3.21. The maximum atomic E-state index is 10.9. The number of esters is 2. The molecule has 0 aromatic rings. The van der Waals surface area contributed by atoms with Gasteiger partial charge in [-0.15, -0.1) is 0 Å². The predicted octanol–water partition coefficient (Wildman–Crippen LogP) is 3.06. The average molecular weight is 418 g/mol. The van der Waals surface area contributed by atoms with Crippen LogP contribution in [0.25, 0.3) is 0 Å². The van der Waals surface area contributed by atoms with E-state index in [1.54, 1.807) is 0 Å². The normalized spacial score (nSPS) is 13.3. The number of ether oxygens (including phenoxy) is 2. The topological polar surface area (TPSA) is 96.3 Å². The van der Waals surface area contributed by atoms with Crippen LogP contribution in [0.4, 0.5) is 0 Å². The molecule has 0 aliphatic carbocycles. The number of rotatable bonds is 19. The molecule has 0 amide bonds. The molecule has 2 unspecified atom stereocenters. The Morgan fingerprint density at radius 2 is 1.10 bits per heavy atom. The molecule has 0 spiro atoms. The molecule has 0 aromatic carbocycles. The van der Waals surface area contributed by atoms with Gasteiger partial charge in [0.15, 0.2) is 0 Å². The highest BCUT2D eigenvalue weighted by molar-refractivity contribution is 5.66. The Labute approximate surface area is 176 Å². The van der Waals surface area contributed by atoms with Crippen molar-refractivity contribution in [3.8, 4) is 0 Å². The number of hydrogen-bond donors (Lipinski definition) is 2. The van der Waals surface area contributed by atoms with E-state index in [4.69, 9.17) is 9.47 Å². The van der Waals surface area contributed by atoms with Gasteiger partial charge in [-0.1, -0.05) is 64.7 Å². The predicted molar refractivity (Wildman–Crippen MR) is 114 cm³/mol. The van der Waals surface area contributed by atoms with Gasteiger partial charge in [0.1, 0.15) is 25.4 Å². The quantitative estimate of drug-likeness (QED) is 0.246. The van der Waals surface area contributed by atoms with Crippen molar-refractivity contribution in [2.75, 3.05) is 32.8 Å². The van der Waals surface area contributed by atoms with E-state index in [2.05, 4.69) is 6.92 Å². The van der Waals surface area contributed by atoms with Gasteiger partial charge in [-0.3, -0.25) is 14.5 Å². The van der Waals surface area contributed by atoms with Crippen molar-refractivity contribution in [2.45, 2.75) is 97.2 Å². The second-order valence-corrected chi connectivity index (χ2v) is 7.85. The molecule has 0 bridgehead atoms. The molecule has 0 aromatic heterocycles. The van der Waals surface area contributed by atoms with E-state index in [0.29, 0.717) is 13.1 Å². The van der Waals surface area contributed by atoms with Crippen LogP contribution in [0.15, 0.2) is 0 Å². The van der Waals surface area contributed by atoms with Crippen LogP contribution in [0.5, 0.6) is 0 Å². The Morgan fingerprint density at radius 1 is 0.724 bits per heavy atom. The van der Waals surface area contributed by atoms with Gasteiger partial charge in [-0.2, -0.15) is 0 Å². The smallest absolute Gasteiger partial charge is 0.302 e. The molecule has 0 saturated carbocycles. The lowest BCUT2D eigenvalue weighted by molar-refractivity contribution is -0.144. The zero-order valence-electron chi connectivity index (χ0n) is 18.7. The zero-order chi connectivity index (χ0) is 21.9. The van der Waals surface area contributed by atoms with E-state index < -0.39 is 24.1 Å². The second-order valence-electron chi connectivity index (χ2n) is 7.85. The van der Waals surface area contributed by atoms with Crippen LogP contribution >= 0.6 is 0 Å². The van der Waals surface area contributed by atoms with Gasteiger partial charge in [0, 0.05) is 26.9 Å². The third kappa shape index (κ3) is 19.9. The molecular weight excluding hydrogens is 374 g/mol. The van der Waals surface area contributed by atoms with Gasteiger partial charge in [0.25, 0.3) is 0 Å². The van der Waals surface area contributed by atoms with Crippen molar-refractivity contribution in [3.63, 3.8) is 0 Å². The van der Waals surface area contributed by atoms with Crippen LogP contribution in [0.2, 0.25) is 0 Å². The van der Waals surface area contributed by atoms with Crippen LogP contribution in [0.1, 0.15) is 85.0 Å². The first-order valence-electron chi connectivity index (χ1n) is 11.2. The fourth-order valence-electron chi connectivity index (χ4n) is 3.21. The summed E-state index contributed by atoms with van der Waals surface area (Å²) in [6.07, 6.45) is 10.8. The summed E-state index contributed by atoms with van der Waals surface area (Å²) in [7, 11) is 0. The third-order valence-corrected chi connectivity index (χ3v) is 4.72. The van der Waals surface area contributed by atoms with Crippen LogP contribution in [-0.4, -0.2) is 72.1 Å². The molecule has 0 saturated heterocycles. The highest BCUT2D eigenvalue weighted by Crippen LogP contribution is 2.11. The van der Waals surface area contributed by atoms with Crippen molar-refractivity contribution in [3.05, 3.63) is 0 Å². The Balaban J connectivity index is 4.12. The van der Waals surface area contributed by atoms with E-state index in [0.717, 1.165) is 19.4 Å². The standard InChI is InChI=1S/C22H43NO6/c1-4-5-6-7-8-9-10-11-12-13-14-23(15-21(26)17-28-19(2)24)16-22(27)18-29-20(3)25/h21-22,26-27H,4-18H2,1-3H3. The first-order chi connectivity index (χ1) is 13.8. The van der Waals surface area contributed by atoms with E-state index in [-0.39, 0.29) is 13.2 Å². The lowest BCUT2D eigenvalue weighted by Gasteiger charge is -2.27. The van der Waals surface area contributed by atoms with Gasteiger partial charge in [0.2, 0.25) is 0 Å². The lowest BCUT2D eigenvalue weighted by Crippen LogP contribution is -2.41. The summed E-state index contributed by atoms with van der Waals surface area (Å²) >= 11 is 0. The van der Waals surface area contributed by atoms with E-state index in [9.17, 15) is 19.8 Å². The molecule has 0 aliphatic heterocycles. The van der Waals surface area contributed by atoms with Gasteiger partial charge < -0.3 is 19.7 Å². The van der Waals surface area contributed by atoms with Crippen LogP contribution in [0.3, 0.4) is 0 Å². The SMILES string of the molecule is CCCCCCCCCCCCN(CC(O)COC(C)=O)CC(O)COC(C)=O. The summed E-state index contributed by atoms with van der Waals surface area (Å²) in [6, 6.07) is 0. The van der Waals surface area contributed by atoms with Crippen LogP contribution in [-0.2, 0) is 19.1 Å². The van der Waals surface area contributed by atoms with E-state index in [1.807, 2.05) is 4.90 Å². The average Bonchev–Trinajstić information content (AvgIpc) is 2.66. The zero-order valence-corrected chi connectivity index (χ0v) is 18.7. The summed E-state index contributed by atoms with van der Waals surface area (Å²) in [5.41, 5.74) is 0. The first-order valence-corrected chi connectivity index (χ1v) is 11.2. The Hall–Kier alpha value is -1.18. The minimum absolute atomic E-state index is 0.0656. The Kier molecular flexibility index (Phi) is 18.1. The monoisotopic (exact) mass is 417 g/mol. The number of unbranched alkanes of at least 4 members (excludes halogenated alkanes) is 9. The molecule has 2 atom stereocenters. The molecular formula is C22H43NO6. The Bertz CT molecular complexity index is 392. The maximum Gasteiger partial charge on any atom is 0.302 e. The molecule has 0 rings (SSSR count). The number of carbonyl (C=O) groups is 2. The number of nitrogens with zero attached hydrogens (tertiary/aromatic N) is 1. The van der Waals surface area contributed by atoms with Gasteiger partial charge in [0.05, 0.1) is 0 Å². The van der Waals surface area contributed by atoms with Crippen molar-refractivity contribution < 1.29 is 29.3 Å². The molecule has 7 heteroatoms. The molecule has 29 heavy (non-hydrogen) atoms. The van der Waals surface area contributed by atoms with Crippen molar-refractivity contribution in [1.82, 2.24) is 4.90 Å². The molecule has 7 nitrogen and oxygen atoms in total. The van der Waals surface area contributed by atoms with Gasteiger partial charge in [-0.05, 0) is 13.0 Å². The number of hydrogen-bond acceptors (Lipinski definition) is 7. The van der Waals surface area contributed by atoms with Gasteiger partial charge in [-0.25, -0.2) is 0 Å². The first kappa shape index (κ1) is 27.8. The summed E-state index contributed by atoms with van der Waals surface area (Å²) in [6.45, 7) is 6.02. The maximum absolute atomic E-state index is 10.9. The van der Waals surface area contributed by atoms with E-state index in [1.165, 1.54) is 65.2 Å². The van der Waals surface area contributed by atoms with E-state index >= 15 is 0 Å². The summed E-state index contributed by atoms with van der Waals surface area (Å²) in [4.78, 5) is 23.7. The molecule has 0 fully saturated rings. The second kappa shape index (κ2) is 18.8. The fraction of sp³-hybridized carbons (Fsp3) is 0.909. The summed E-state index contributed by atoms with van der Waals surface area (Å²) in [5, 5.41) is 20.1. The number of aliphatic hydroxyl groups excluding tert-OH is 2. The molecule has 172 valence electrons. The van der Waals surface area contributed by atoms with Crippen molar-refractivity contribution >= 4 is 11.9 Å². The molecule has 0 radical (unpaired) electrons. The highest BCUT2D eigenvalue weighted by Gasteiger charge is 2.17. The van der Waals surface area contributed by atoms with Crippen LogP contribution in [0, 0.1) is 0 Å². The molecule has 2 N–H and O–H groups in total. The minimum Gasteiger partial charge on any atom is -0.463 e. The van der Waals surface area contributed by atoms with Crippen molar-refractivity contribution in [1.29, 1.82) is 0 Å². The van der Waals surface area contributed by atoms with Gasteiger partial charge >= 0.3 is 11.9 Å². The lowest BCUT2D eigenvalue weighted by atomic mass is 10.1. The third-order valence-electron chi connectivity index (χ3n) is 4.72. The summed E-state index contributed by atoms with van der Waals surface area (Å²) in [5.74, 6) is -0.861. The molecule has 0 aliphatic rings. The highest BCUT2D eigenvalue weighted by atomic mass is 16.5. The molecule has 0 heterocycles. The Morgan fingerprint density at radius 3 is 1.48 bits per heavy atom. The summed E-state index contributed by atoms with van der Waals surface area (Å²) < 4.78 is 9.69.